The summed E-state index contributed by atoms with van der Waals surface area (Å²) in [7, 11) is 2.04. The molecule has 0 aromatic carbocycles. The average molecular weight is 262 g/mol. The van der Waals surface area contributed by atoms with Crippen molar-refractivity contribution >= 4 is 5.78 Å². The lowest BCUT2D eigenvalue weighted by molar-refractivity contribution is 0.0945. The van der Waals surface area contributed by atoms with Crippen LogP contribution in [0.5, 0.6) is 0 Å². The number of unbranched alkanes of at least 4 members (excludes halogenated alkanes) is 1. The lowest BCUT2D eigenvalue weighted by Crippen LogP contribution is -2.27. The third-order valence-electron chi connectivity index (χ3n) is 4.00. The molecule has 0 saturated heterocycles. The highest BCUT2D eigenvalue weighted by Gasteiger charge is 2.28. The molecule has 3 nitrogen and oxygen atoms in total. The van der Waals surface area contributed by atoms with Gasteiger partial charge in [-0.1, -0.05) is 13.3 Å². The second kappa shape index (κ2) is 5.91. The molecule has 1 aliphatic rings. The van der Waals surface area contributed by atoms with Crippen LogP contribution in [0.3, 0.4) is 0 Å². The van der Waals surface area contributed by atoms with Crippen LogP contribution in [0.25, 0.3) is 0 Å². The van der Waals surface area contributed by atoms with Gasteiger partial charge in [-0.05, 0) is 52.8 Å². The number of aryl methyl sites for hydroxylation is 1. The topological polar surface area (TPSA) is 25.2 Å². The third-order valence-corrected chi connectivity index (χ3v) is 4.00. The number of likely N-dealkylation sites (N-methyl/N-ethyl adjacent to an activating group) is 1. The summed E-state index contributed by atoms with van der Waals surface area (Å²) in [4.78, 5) is 14.5. The molecule has 3 heteroatoms. The van der Waals surface area contributed by atoms with Gasteiger partial charge in [0.25, 0.3) is 0 Å². The number of rotatable bonds is 7. The molecule has 1 aromatic rings. The number of carbonyl (C=O) groups excluding carboxylic acids is 1. The summed E-state index contributed by atoms with van der Waals surface area (Å²) in [6, 6.07) is 2.73. The van der Waals surface area contributed by atoms with Gasteiger partial charge in [0.05, 0.1) is 6.54 Å². The summed E-state index contributed by atoms with van der Waals surface area (Å²) in [6.45, 7) is 7.92. The van der Waals surface area contributed by atoms with Crippen molar-refractivity contribution in [2.45, 2.75) is 52.5 Å². The van der Waals surface area contributed by atoms with E-state index in [-0.39, 0.29) is 5.78 Å². The van der Waals surface area contributed by atoms with E-state index in [4.69, 9.17) is 0 Å². The highest BCUT2D eigenvalue weighted by molar-refractivity contribution is 5.99. The van der Waals surface area contributed by atoms with Gasteiger partial charge in [0, 0.05) is 23.0 Å². The predicted octanol–water partition coefficient (Wildman–Crippen LogP) is 3.35. The van der Waals surface area contributed by atoms with Crippen LogP contribution in [0.15, 0.2) is 6.07 Å². The molecule has 19 heavy (non-hydrogen) atoms. The molecule has 0 N–H and O–H groups in total. The summed E-state index contributed by atoms with van der Waals surface area (Å²) in [5, 5.41) is 0. The molecule has 2 rings (SSSR count). The Morgan fingerprint density at radius 2 is 2.11 bits per heavy atom. The molecule has 0 amide bonds. The van der Waals surface area contributed by atoms with E-state index in [0.29, 0.717) is 12.6 Å². The molecule has 0 spiro atoms. The van der Waals surface area contributed by atoms with Crippen LogP contribution in [0.4, 0.5) is 0 Å². The zero-order valence-electron chi connectivity index (χ0n) is 12.7. The highest BCUT2D eigenvalue weighted by atomic mass is 16.1. The van der Waals surface area contributed by atoms with Crippen molar-refractivity contribution in [1.82, 2.24) is 9.47 Å². The average Bonchev–Trinajstić information content (AvgIpc) is 3.13. The van der Waals surface area contributed by atoms with Crippen LogP contribution in [0.2, 0.25) is 0 Å². The summed E-state index contributed by atoms with van der Waals surface area (Å²) >= 11 is 0. The van der Waals surface area contributed by atoms with Crippen molar-refractivity contribution in [2.24, 2.45) is 0 Å². The second-order valence-corrected chi connectivity index (χ2v) is 5.90. The standard InChI is InChI=1S/C16H26N2O/c1-5-6-9-17(4)11-16(19)15-10-12(2)18(13(15)3)14-7-8-14/h10,14H,5-9,11H2,1-4H3. The predicted molar refractivity (Wildman–Crippen MR) is 78.9 cm³/mol. The van der Waals surface area contributed by atoms with Crippen LogP contribution >= 0.6 is 0 Å². The minimum absolute atomic E-state index is 0.263. The molecule has 0 unspecified atom stereocenters. The van der Waals surface area contributed by atoms with Gasteiger partial charge in [-0.25, -0.2) is 0 Å². The maximum atomic E-state index is 12.4. The van der Waals surface area contributed by atoms with Crippen molar-refractivity contribution < 1.29 is 4.79 Å². The maximum absolute atomic E-state index is 12.4. The zero-order chi connectivity index (χ0) is 14.0. The van der Waals surface area contributed by atoms with E-state index in [2.05, 4.69) is 36.3 Å². The van der Waals surface area contributed by atoms with E-state index in [1.807, 2.05) is 7.05 Å². The van der Waals surface area contributed by atoms with Gasteiger partial charge in [0.2, 0.25) is 0 Å². The largest absolute Gasteiger partial charge is 0.345 e. The molecular formula is C16H26N2O. The van der Waals surface area contributed by atoms with E-state index in [9.17, 15) is 4.79 Å². The minimum atomic E-state index is 0.263. The summed E-state index contributed by atoms with van der Waals surface area (Å²) in [6.07, 6.45) is 4.86. The molecule has 1 fully saturated rings. The van der Waals surface area contributed by atoms with Crippen molar-refractivity contribution in [3.8, 4) is 0 Å². The van der Waals surface area contributed by atoms with Crippen molar-refractivity contribution in [1.29, 1.82) is 0 Å². The summed E-state index contributed by atoms with van der Waals surface area (Å²) in [5.74, 6) is 0.263. The van der Waals surface area contributed by atoms with E-state index in [1.165, 1.54) is 25.0 Å². The normalized spacial score (nSPS) is 15.2. The molecular weight excluding hydrogens is 236 g/mol. The van der Waals surface area contributed by atoms with Gasteiger partial charge in [-0.2, -0.15) is 0 Å². The Hall–Kier alpha value is -1.09. The first-order chi connectivity index (χ1) is 9.04. The van der Waals surface area contributed by atoms with E-state index in [0.717, 1.165) is 24.2 Å². The Labute approximate surface area is 116 Å². The van der Waals surface area contributed by atoms with E-state index >= 15 is 0 Å². The zero-order valence-corrected chi connectivity index (χ0v) is 12.7. The van der Waals surface area contributed by atoms with Gasteiger partial charge in [-0.3, -0.25) is 9.69 Å². The Balaban J connectivity index is 2.05. The van der Waals surface area contributed by atoms with Crippen molar-refractivity contribution in [3.05, 3.63) is 23.0 Å². The fourth-order valence-electron chi connectivity index (χ4n) is 2.79. The lowest BCUT2D eigenvalue weighted by Gasteiger charge is -2.15. The Morgan fingerprint density at radius 1 is 1.42 bits per heavy atom. The number of aromatic nitrogens is 1. The Bertz CT molecular complexity index is 458. The fraction of sp³-hybridized carbons (Fsp3) is 0.688. The Kier molecular flexibility index (Phi) is 4.46. The highest BCUT2D eigenvalue weighted by Crippen LogP contribution is 2.38. The first-order valence-corrected chi connectivity index (χ1v) is 7.44. The van der Waals surface area contributed by atoms with Gasteiger partial charge >= 0.3 is 0 Å². The molecule has 1 heterocycles. The van der Waals surface area contributed by atoms with E-state index < -0.39 is 0 Å². The summed E-state index contributed by atoms with van der Waals surface area (Å²) in [5.41, 5.74) is 3.32. The fourth-order valence-corrected chi connectivity index (χ4v) is 2.79. The number of Topliss-reactive ketones (excluding diaryl/α,β-unsaturated/α-hetero) is 1. The number of hydrogen-bond acceptors (Lipinski definition) is 2. The van der Waals surface area contributed by atoms with Gasteiger partial charge < -0.3 is 4.57 Å². The minimum Gasteiger partial charge on any atom is -0.345 e. The number of carbonyl (C=O) groups is 1. The van der Waals surface area contributed by atoms with Crippen LogP contribution < -0.4 is 0 Å². The smallest absolute Gasteiger partial charge is 0.178 e. The number of hydrogen-bond donors (Lipinski definition) is 0. The molecule has 106 valence electrons. The number of nitrogens with zero attached hydrogens (tertiary/aromatic N) is 2. The second-order valence-electron chi connectivity index (χ2n) is 5.90. The van der Waals surface area contributed by atoms with Gasteiger partial charge in [-0.15, -0.1) is 0 Å². The molecule has 0 atom stereocenters. The first kappa shape index (κ1) is 14.3. The quantitative estimate of drug-likeness (QED) is 0.704. The molecule has 0 aliphatic heterocycles. The van der Waals surface area contributed by atoms with Crippen molar-refractivity contribution in [3.63, 3.8) is 0 Å². The van der Waals surface area contributed by atoms with Crippen LogP contribution in [0.1, 0.15) is 60.4 Å². The molecule has 0 bridgehead atoms. The SMILES string of the molecule is CCCCN(C)CC(=O)c1cc(C)n(C2CC2)c1C. The van der Waals surface area contributed by atoms with Crippen molar-refractivity contribution in [2.75, 3.05) is 20.1 Å². The number of ketones is 1. The molecule has 1 saturated carbocycles. The maximum Gasteiger partial charge on any atom is 0.178 e. The monoisotopic (exact) mass is 262 g/mol. The van der Waals surface area contributed by atoms with E-state index in [1.54, 1.807) is 0 Å². The first-order valence-electron chi connectivity index (χ1n) is 7.44. The lowest BCUT2D eigenvalue weighted by atomic mass is 10.1. The van der Waals surface area contributed by atoms with Crippen LogP contribution in [0, 0.1) is 13.8 Å². The molecule has 1 aliphatic carbocycles. The Morgan fingerprint density at radius 3 is 2.68 bits per heavy atom. The summed E-state index contributed by atoms with van der Waals surface area (Å²) < 4.78 is 2.35. The molecule has 1 aromatic heterocycles. The van der Waals surface area contributed by atoms with Crippen LogP contribution in [-0.4, -0.2) is 35.4 Å². The van der Waals surface area contributed by atoms with Gasteiger partial charge in [0.1, 0.15) is 0 Å². The van der Waals surface area contributed by atoms with Gasteiger partial charge in [0.15, 0.2) is 5.78 Å². The van der Waals surface area contributed by atoms with Crippen LogP contribution in [-0.2, 0) is 0 Å². The molecule has 0 radical (unpaired) electrons. The third kappa shape index (κ3) is 3.27.